The maximum absolute atomic E-state index is 12.8. The molecule has 1 N–H and O–H groups in total. The number of benzene rings is 1. The molecule has 1 aromatic heterocycles. The van der Waals surface area contributed by atoms with E-state index < -0.39 is 16.7 Å². The summed E-state index contributed by atoms with van der Waals surface area (Å²) in [5.74, 6) is 0.0476. The second kappa shape index (κ2) is 7.98. The molecule has 0 amide bonds. The number of ether oxygens (including phenoxy) is 1. The van der Waals surface area contributed by atoms with Crippen molar-refractivity contribution in [3.8, 4) is 11.6 Å². The number of sulfonamides is 1. The van der Waals surface area contributed by atoms with Crippen LogP contribution in [0.4, 0.5) is 8.78 Å². The van der Waals surface area contributed by atoms with Crippen molar-refractivity contribution < 1.29 is 21.9 Å². The third-order valence-corrected chi connectivity index (χ3v) is 4.29. The monoisotopic (exact) mass is 342 g/mol. The fourth-order valence-electron chi connectivity index (χ4n) is 1.75. The lowest BCUT2D eigenvalue weighted by molar-refractivity contribution is 0.460. The van der Waals surface area contributed by atoms with Crippen LogP contribution in [-0.2, 0) is 16.6 Å². The average molecular weight is 342 g/mol. The molecule has 23 heavy (non-hydrogen) atoms. The van der Waals surface area contributed by atoms with E-state index in [2.05, 4.69) is 9.71 Å². The van der Waals surface area contributed by atoms with Gasteiger partial charge in [-0.2, -0.15) is 0 Å². The van der Waals surface area contributed by atoms with Crippen LogP contribution in [0.2, 0.25) is 0 Å². The highest BCUT2D eigenvalue weighted by molar-refractivity contribution is 7.89. The van der Waals surface area contributed by atoms with Crippen LogP contribution in [0.15, 0.2) is 42.6 Å². The Kier molecular flexibility index (Phi) is 6.00. The van der Waals surface area contributed by atoms with Crippen molar-refractivity contribution in [2.24, 2.45) is 0 Å². The molecule has 5 nitrogen and oxygen atoms in total. The third-order valence-electron chi connectivity index (χ3n) is 2.88. The van der Waals surface area contributed by atoms with Crippen molar-refractivity contribution >= 4 is 10.0 Å². The topological polar surface area (TPSA) is 68.3 Å². The molecule has 0 atom stereocenters. The Labute approximate surface area is 133 Å². The number of nitrogens with zero attached hydrogens (tertiary/aromatic N) is 1. The summed E-state index contributed by atoms with van der Waals surface area (Å²) in [6, 6.07) is 8.65. The number of hydrogen-bond acceptors (Lipinski definition) is 4. The number of nitrogens with one attached hydrogen (secondary N) is 1. The van der Waals surface area contributed by atoms with E-state index >= 15 is 0 Å². The first-order valence-corrected chi connectivity index (χ1v) is 8.55. The van der Waals surface area contributed by atoms with Gasteiger partial charge in [-0.3, -0.25) is 4.39 Å². The summed E-state index contributed by atoms with van der Waals surface area (Å²) in [5, 5.41) is 0. The van der Waals surface area contributed by atoms with E-state index in [1.165, 1.54) is 30.5 Å². The fourth-order valence-corrected chi connectivity index (χ4v) is 2.77. The first kappa shape index (κ1) is 17.3. The van der Waals surface area contributed by atoms with E-state index in [0.717, 1.165) is 0 Å². The van der Waals surface area contributed by atoms with Crippen LogP contribution in [0.5, 0.6) is 11.6 Å². The second-order valence-corrected chi connectivity index (χ2v) is 6.67. The van der Waals surface area contributed by atoms with Gasteiger partial charge in [-0.25, -0.2) is 22.5 Å². The van der Waals surface area contributed by atoms with Crippen molar-refractivity contribution in [3.63, 3.8) is 0 Å². The lowest BCUT2D eigenvalue weighted by Gasteiger charge is -2.08. The molecule has 1 heterocycles. The molecule has 0 aliphatic carbocycles. The lowest BCUT2D eigenvalue weighted by Crippen LogP contribution is -2.26. The molecule has 2 aromatic rings. The molecule has 0 bridgehead atoms. The number of rotatable bonds is 8. The Morgan fingerprint density at radius 1 is 1.17 bits per heavy atom. The van der Waals surface area contributed by atoms with E-state index in [1.54, 1.807) is 12.1 Å². The molecule has 0 unspecified atom stereocenters. The summed E-state index contributed by atoms with van der Waals surface area (Å²) in [5.41, 5.74) is 0.640. The lowest BCUT2D eigenvalue weighted by atomic mass is 10.3. The number of hydrogen-bond donors (Lipinski definition) is 1. The van der Waals surface area contributed by atoms with Gasteiger partial charge in [-0.05, 0) is 42.3 Å². The number of alkyl halides is 1. The average Bonchev–Trinajstić information content (AvgIpc) is 2.54. The van der Waals surface area contributed by atoms with Crippen molar-refractivity contribution in [1.29, 1.82) is 0 Å². The molecule has 8 heteroatoms. The van der Waals surface area contributed by atoms with E-state index in [9.17, 15) is 17.2 Å². The normalized spacial score (nSPS) is 11.4. The molecule has 1 aromatic carbocycles. The van der Waals surface area contributed by atoms with Gasteiger partial charge in [0.25, 0.3) is 0 Å². The van der Waals surface area contributed by atoms with Gasteiger partial charge in [0.1, 0.15) is 11.6 Å². The van der Waals surface area contributed by atoms with Gasteiger partial charge in [0, 0.05) is 18.8 Å². The minimum atomic E-state index is -3.51. The zero-order chi connectivity index (χ0) is 16.7. The molecule has 0 saturated carbocycles. The van der Waals surface area contributed by atoms with Gasteiger partial charge in [0.2, 0.25) is 15.9 Å². The van der Waals surface area contributed by atoms with E-state index in [4.69, 9.17) is 4.74 Å². The Hall–Kier alpha value is -2.06. The number of pyridine rings is 1. The molecule has 0 aliphatic rings. The Balaban J connectivity index is 1.98. The predicted octanol–water partition coefficient (Wildman–Crippen LogP) is 2.79. The molecule has 124 valence electrons. The SMILES string of the molecule is O=S(=O)(CCCF)NCc1ccnc(Oc2ccc(F)cc2)c1. The van der Waals surface area contributed by atoms with Crippen molar-refractivity contribution in [2.75, 3.05) is 12.4 Å². The summed E-state index contributed by atoms with van der Waals surface area (Å²) in [6.45, 7) is -0.622. The van der Waals surface area contributed by atoms with Crippen molar-refractivity contribution in [1.82, 2.24) is 9.71 Å². The Morgan fingerprint density at radius 2 is 1.91 bits per heavy atom. The second-order valence-electron chi connectivity index (χ2n) is 4.74. The van der Waals surface area contributed by atoms with Crippen LogP contribution in [-0.4, -0.2) is 25.8 Å². The van der Waals surface area contributed by atoms with Gasteiger partial charge in [0.05, 0.1) is 12.4 Å². The third kappa shape index (κ3) is 5.91. The molecular formula is C15H16F2N2O3S. The zero-order valence-corrected chi connectivity index (χ0v) is 13.0. The van der Waals surface area contributed by atoms with Gasteiger partial charge in [0.15, 0.2) is 0 Å². The summed E-state index contributed by atoms with van der Waals surface area (Å²) < 4.78 is 55.9. The largest absolute Gasteiger partial charge is 0.439 e. The molecule has 0 aliphatic heterocycles. The van der Waals surface area contributed by atoms with Crippen LogP contribution in [0.3, 0.4) is 0 Å². The first-order valence-electron chi connectivity index (χ1n) is 6.90. The van der Waals surface area contributed by atoms with Crippen LogP contribution in [0, 0.1) is 5.82 Å². The molecule has 0 fully saturated rings. The van der Waals surface area contributed by atoms with Gasteiger partial charge in [-0.15, -0.1) is 0 Å². The zero-order valence-electron chi connectivity index (χ0n) is 12.2. The maximum atomic E-state index is 12.8. The minimum absolute atomic E-state index is 0.0371. The van der Waals surface area contributed by atoms with E-state index in [1.807, 2.05) is 0 Å². The molecular weight excluding hydrogens is 326 g/mol. The summed E-state index contributed by atoms with van der Waals surface area (Å²) in [6.07, 6.45) is 1.44. The highest BCUT2D eigenvalue weighted by Gasteiger charge is 2.10. The smallest absolute Gasteiger partial charge is 0.219 e. The summed E-state index contributed by atoms with van der Waals surface area (Å²) >= 11 is 0. The van der Waals surface area contributed by atoms with E-state index in [-0.39, 0.29) is 30.4 Å². The Morgan fingerprint density at radius 3 is 2.61 bits per heavy atom. The summed E-state index contributed by atoms with van der Waals surface area (Å²) in [4.78, 5) is 4.01. The van der Waals surface area contributed by atoms with Crippen LogP contribution >= 0.6 is 0 Å². The van der Waals surface area contributed by atoms with Gasteiger partial charge >= 0.3 is 0 Å². The number of aromatic nitrogens is 1. The predicted molar refractivity (Wildman–Crippen MR) is 81.9 cm³/mol. The van der Waals surface area contributed by atoms with Crippen molar-refractivity contribution in [3.05, 3.63) is 54.0 Å². The quantitative estimate of drug-likeness (QED) is 0.801. The fraction of sp³-hybridized carbons (Fsp3) is 0.267. The molecule has 0 radical (unpaired) electrons. The molecule has 0 saturated heterocycles. The minimum Gasteiger partial charge on any atom is -0.439 e. The maximum Gasteiger partial charge on any atom is 0.219 e. The van der Waals surface area contributed by atoms with Crippen LogP contribution in [0.1, 0.15) is 12.0 Å². The summed E-state index contributed by atoms with van der Waals surface area (Å²) in [7, 11) is -3.51. The molecule has 0 spiro atoms. The van der Waals surface area contributed by atoms with Crippen LogP contribution < -0.4 is 9.46 Å². The Bertz CT molecular complexity index is 737. The van der Waals surface area contributed by atoms with Crippen molar-refractivity contribution in [2.45, 2.75) is 13.0 Å². The van der Waals surface area contributed by atoms with Gasteiger partial charge in [-0.1, -0.05) is 0 Å². The first-order chi connectivity index (χ1) is 11.0. The highest BCUT2D eigenvalue weighted by Crippen LogP contribution is 2.20. The standard InChI is InChI=1S/C15H16F2N2O3S/c16-7-1-9-23(20,21)19-11-12-6-8-18-15(10-12)22-14-4-2-13(17)3-5-14/h2-6,8,10,19H,1,7,9,11H2. The molecule has 2 rings (SSSR count). The van der Waals surface area contributed by atoms with Gasteiger partial charge < -0.3 is 4.74 Å². The van der Waals surface area contributed by atoms with E-state index in [0.29, 0.717) is 11.3 Å². The highest BCUT2D eigenvalue weighted by atomic mass is 32.2. The van der Waals surface area contributed by atoms with Crippen LogP contribution in [0.25, 0.3) is 0 Å². The number of halogens is 2.